The van der Waals surface area contributed by atoms with Crippen LogP contribution < -0.4 is 10.1 Å². The van der Waals surface area contributed by atoms with Crippen LogP contribution in [0.2, 0.25) is 10.0 Å². The Morgan fingerprint density at radius 1 is 1.17 bits per heavy atom. The SMILES string of the molecule is CN1CCCC(Oc2ccccc2CNc2nnnn2-c2cccc(Cl)c2Cl)C1. The number of likely N-dealkylation sites (tertiary alicyclic amines) is 1. The van der Waals surface area contributed by atoms with Crippen LogP contribution in [0.1, 0.15) is 18.4 Å². The Kier molecular flexibility index (Phi) is 6.18. The first-order valence-corrected chi connectivity index (χ1v) is 10.3. The number of hydrogen-bond acceptors (Lipinski definition) is 6. The fraction of sp³-hybridized carbons (Fsp3) is 0.350. The van der Waals surface area contributed by atoms with E-state index in [1.54, 1.807) is 12.1 Å². The number of rotatable bonds is 6. The third kappa shape index (κ3) is 4.63. The van der Waals surface area contributed by atoms with Crippen LogP contribution in [-0.4, -0.2) is 51.3 Å². The van der Waals surface area contributed by atoms with E-state index in [4.69, 9.17) is 27.9 Å². The van der Waals surface area contributed by atoms with E-state index in [1.165, 1.54) is 4.68 Å². The van der Waals surface area contributed by atoms with Gasteiger partial charge in [0, 0.05) is 18.7 Å². The van der Waals surface area contributed by atoms with E-state index >= 15 is 0 Å². The number of hydrogen-bond donors (Lipinski definition) is 1. The maximum atomic E-state index is 6.32. The third-order valence-corrected chi connectivity index (χ3v) is 5.72. The summed E-state index contributed by atoms with van der Waals surface area (Å²) < 4.78 is 7.83. The van der Waals surface area contributed by atoms with Gasteiger partial charge >= 0.3 is 0 Å². The molecule has 2 aromatic carbocycles. The molecule has 1 aromatic heterocycles. The van der Waals surface area contributed by atoms with E-state index in [2.05, 4.69) is 32.8 Å². The minimum atomic E-state index is 0.200. The number of halogens is 2. The fourth-order valence-electron chi connectivity index (χ4n) is 3.45. The first kappa shape index (κ1) is 19.9. The molecule has 29 heavy (non-hydrogen) atoms. The Hall–Kier alpha value is -2.35. The van der Waals surface area contributed by atoms with Gasteiger partial charge in [0.2, 0.25) is 5.95 Å². The number of para-hydroxylation sites is 1. The lowest BCUT2D eigenvalue weighted by molar-refractivity contribution is 0.103. The molecule has 4 rings (SSSR count). The molecule has 0 saturated carbocycles. The predicted molar refractivity (Wildman–Crippen MR) is 114 cm³/mol. The normalized spacial score (nSPS) is 17.3. The topological polar surface area (TPSA) is 68.1 Å². The average molecular weight is 433 g/mol. The minimum Gasteiger partial charge on any atom is -0.489 e. The largest absolute Gasteiger partial charge is 0.489 e. The highest BCUT2D eigenvalue weighted by atomic mass is 35.5. The Labute approximate surface area is 179 Å². The zero-order chi connectivity index (χ0) is 20.2. The van der Waals surface area contributed by atoms with Crippen molar-refractivity contribution < 1.29 is 4.74 Å². The van der Waals surface area contributed by atoms with Gasteiger partial charge in [0.25, 0.3) is 0 Å². The van der Waals surface area contributed by atoms with E-state index in [0.29, 0.717) is 28.2 Å². The lowest BCUT2D eigenvalue weighted by Crippen LogP contribution is -2.38. The molecule has 1 fully saturated rings. The van der Waals surface area contributed by atoms with E-state index in [1.807, 2.05) is 30.3 Å². The van der Waals surface area contributed by atoms with Crippen molar-refractivity contribution in [1.29, 1.82) is 0 Å². The summed E-state index contributed by atoms with van der Waals surface area (Å²) in [5.74, 6) is 1.35. The number of ether oxygens (including phenoxy) is 1. The number of aromatic nitrogens is 4. The summed E-state index contributed by atoms with van der Waals surface area (Å²) in [7, 11) is 2.13. The molecule has 1 atom stereocenters. The van der Waals surface area contributed by atoms with Crippen LogP contribution in [0.4, 0.5) is 5.95 Å². The molecular formula is C20H22Cl2N6O. The number of nitrogens with zero attached hydrogens (tertiary/aromatic N) is 5. The molecular weight excluding hydrogens is 411 g/mol. The van der Waals surface area contributed by atoms with Gasteiger partial charge in [-0.15, -0.1) is 0 Å². The van der Waals surface area contributed by atoms with Crippen LogP contribution in [0.3, 0.4) is 0 Å². The summed E-state index contributed by atoms with van der Waals surface area (Å²) in [5.41, 5.74) is 1.65. The second kappa shape index (κ2) is 8.98. The summed E-state index contributed by atoms with van der Waals surface area (Å²) in [4.78, 5) is 2.30. The van der Waals surface area contributed by atoms with E-state index in [-0.39, 0.29) is 6.10 Å². The van der Waals surface area contributed by atoms with Crippen LogP contribution in [0.15, 0.2) is 42.5 Å². The van der Waals surface area contributed by atoms with Crippen LogP contribution in [0.5, 0.6) is 5.75 Å². The van der Waals surface area contributed by atoms with Crippen molar-refractivity contribution in [2.45, 2.75) is 25.5 Å². The van der Waals surface area contributed by atoms with Crippen LogP contribution in [-0.2, 0) is 6.54 Å². The number of piperidine rings is 1. The highest BCUT2D eigenvalue weighted by Gasteiger charge is 2.20. The third-order valence-electron chi connectivity index (χ3n) is 4.91. The number of likely N-dealkylation sites (N-methyl/N-ethyl adjacent to an activating group) is 1. The summed E-state index contributed by atoms with van der Waals surface area (Å²) in [5, 5.41) is 16.0. The second-order valence-electron chi connectivity index (χ2n) is 7.09. The van der Waals surface area contributed by atoms with Gasteiger partial charge in [-0.25, -0.2) is 0 Å². The van der Waals surface area contributed by atoms with Gasteiger partial charge < -0.3 is 15.0 Å². The molecule has 1 aliphatic heterocycles. The Bertz CT molecular complexity index is 979. The molecule has 0 spiro atoms. The van der Waals surface area contributed by atoms with Crippen molar-refractivity contribution in [3.63, 3.8) is 0 Å². The first-order chi connectivity index (χ1) is 14.1. The molecule has 1 N–H and O–H groups in total. The lowest BCUT2D eigenvalue weighted by Gasteiger charge is -2.30. The van der Waals surface area contributed by atoms with E-state index in [9.17, 15) is 0 Å². The van der Waals surface area contributed by atoms with Crippen molar-refractivity contribution in [3.05, 3.63) is 58.1 Å². The molecule has 0 aliphatic carbocycles. The van der Waals surface area contributed by atoms with Gasteiger partial charge in [-0.2, -0.15) is 4.68 Å². The summed E-state index contributed by atoms with van der Waals surface area (Å²) in [6.45, 7) is 2.57. The molecule has 152 valence electrons. The number of nitrogens with one attached hydrogen (secondary N) is 1. The smallest absolute Gasteiger partial charge is 0.248 e. The van der Waals surface area contributed by atoms with Crippen molar-refractivity contribution >= 4 is 29.2 Å². The number of benzene rings is 2. The quantitative estimate of drug-likeness (QED) is 0.633. The monoisotopic (exact) mass is 432 g/mol. The maximum Gasteiger partial charge on any atom is 0.248 e. The lowest BCUT2D eigenvalue weighted by atomic mass is 10.1. The Balaban J connectivity index is 1.49. The van der Waals surface area contributed by atoms with E-state index in [0.717, 1.165) is 37.2 Å². The molecule has 9 heteroatoms. The fourth-order valence-corrected chi connectivity index (χ4v) is 3.83. The van der Waals surface area contributed by atoms with E-state index < -0.39 is 0 Å². The summed E-state index contributed by atoms with van der Waals surface area (Å²) in [6.07, 6.45) is 2.42. The average Bonchev–Trinajstić information content (AvgIpc) is 3.18. The standard InChI is InChI=1S/C20H22Cl2N6O/c1-27-11-5-7-15(13-27)29-18-10-3-2-6-14(18)12-23-20-24-25-26-28(20)17-9-4-8-16(21)19(17)22/h2-4,6,8-10,15H,5,7,11-13H2,1H3,(H,23,24,26). The van der Waals surface area contributed by atoms with Gasteiger partial charge in [0.1, 0.15) is 11.9 Å². The van der Waals surface area contributed by atoms with Crippen molar-refractivity contribution in [2.24, 2.45) is 0 Å². The predicted octanol–water partition coefficient (Wildman–Crippen LogP) is 4.05. The first-order valence-electron chi connectivity index (χ1n) is 9.51. The molecule has 1 aliphatic rings. The molecule has 0 bridgehead atoms. The molecule has 7 nitrogen and oxygen atoms in total. The van der Waals surface area contributed by atoms with Crippen molar-refractivity contribution in [3.8, 4) is 11.4 Å². The number of anilines is 1. The van der Waals surface area contributed by atoms with Gasteiger partial charge in [-0.1, -0.05) is 52.6 Å². The van der Waals surface area contributed by atoms with Crippen LogP contribution in [0.25, 0.3) is 5.69 Å². The van der Waals surface area contributed by atoms with Crippen molar-refractivity contribution in [2.75, 3.05) is 25.5 Å². The maximum absolute atomic E-state index is 6.32. The molecule has 2 heterocycles. The highest BCUT2D eigenvalue weighted by molar-refractivity contribution is 6.43. The van der Waals surface area contributed by atoms with Gasteiger partial charge in [0.15, 0.2) is 0 Å². The van der Waals surface area contributed by atoms with Crippen LogP contribution in [0, 0.1) is 0 Å². The van der Waals surface area contributed by atoms with Gasteiger partial charge in [-0.05, 0) is 55.1 Å². The Morgan fingerprint density at radius 2 is 2.03 bits per heavy atom. The molecule has 0 radical (unpaired) electrons. The van der Waals surface area contributed by atoms with Gasteiger partial charge in [0.05, 0.1) is 15.7 Å². The molecule has 0 amide bonds. The van der Waals surface area contributed by atoms with Crippen LogP contribution >= 0.6 is 23.2 Å². The molecule has 1 unspecified atom stereocenters. The van der Waals surface area contributed by atoms with Crippen molar-refractivity contribution in [1.82, 2.24) is 25.1 Å². The molecule has 3 aromatic rings. The second-order valence-corrected chi connectivity index (χ2v) is 7.88. The van der Waals surface area contributed by atoms with Gasteiger partial charge in [-0.3, -0.25) is 0 Å². The molecule has 1 saturated heterocycles. The zero-order valence-electron chi connectivity index (χ0n) is 16.1. The summed E-state index contributed by atoms with van der Waals surface area (Å²) in [6, 6.07) is 13.4. The zero-order valence-corrected chi connectivity index (χ0v) is 17.6. The Morgan fingerprint density at radius 3 is 2.90 bits per heavy atom. The highest BCUT2D eigenvalue weighted by Crippen LogP contribution is 2.29. The summed E-state index contributed by atoms with van der Waals surface area (Å²) >= 11 is 12.4. The number of tetrazole rings is 1. The minimum absolute atomic E-state index is 0.200.